The van der Waals surface area contributed by atoms with Crippen LogP contribution in [0.5, 0.6) is 11.5 Å². The van der Waals surface area contributed by atoms with Gasteiger partial charge in [-0.1, -0.05) is 11.8 Å². The van der Waals surface area contributed by atoms with Crippen LogP contribution in [0.25, 0.3) is 11.4 Å². The summed E-state index contributed by atoms with van der Waals surface area (Å²) in [6.07, 6.45) is 0. The van der Waals surface area contributed by atoms with Crippen molar-refractivity contribution in [3.05, 3.63) is 22.2 Å². The third-order valence-electron chi connectivity index (χ3n) is 2.54. The number of phenols is 1. The number of nitro groups is 1. The minimum Gasteiger partial charge on any atom is -0.500 e. The van der Waals surface area contributed by atoms with Gasteiger partial charge in [-0.25, -0.2) is 0 Å². The first-order chi connectivity index (χ1) is 10.4. The highest BCUT2D eigenvalue weighted by atomic mass is 32.2. The second-order valence-corrected chi connectivity index (χ2v) is 4.93. The Bertz CT molecular complexity index is 731. The zero-order valence-corrected chi connectivity index (χ0v) is 12.0. The van der Waals surface area contributed by atoms with Crippen LogP contribution >= 0.6 is 11.8 Å². The molecule has 0 spiro atoms. The van der Waals surface area contributed by atoms with Crippen molar-refractivity contribution in [2.75, 3.05) is 12.9 Å². The lowest BCUT2D eigenvalue weighted by molar-refractivity contribution is -0.385. The summed E-state index contributed by atoms with van der Waals surface area (Å²) in [5, 5.41) is 37.0. The number of hydrogen-bond acceptors (Lipinski definition) is 8. The quantitative estimate of drug-likeness (QED) is 0.404. The fraction of sp³-hybridized carbons (Fsp3) is 0.182. The summed E-state index contributed by atoms with van der Waals surface area (Å²) < 4.78 is 4.88. The molecule has 3 N–H and O–H groups in total. The number of benzene rings is 1. The molecule has 10 nitrogen and oxygen atoms in total. The molecule has 0 bridgehead atoms. The van der Waals surface area contributed by atoms with Crippen molar-refractivity contribution in [1.29, 1.82) is 0 Å². The van der Waals surface area contributed by atoms with E-state index < -0.39 is 22.3 Å². The van der Waals surface area contributed by atoms with Crippen LogP contribution in [0.4, 0.5) is 5.69 Å². The second kappa shape index (κ2) is 6.30. The smallest absolute Gasteiger partial charge is 0.315 e. The molecule has 0 aliphatic carbocycles. The van der Waals surface area contributed by atoms with Crippen molar-refractivity contribution < 1.29 is 24.7 Å². The Hall–Kier alpha value is -2.82. The number of aromatic amines is 1. The third kappa shape index (κ3) is 3.25. The number of carbonyl (C=O) groups is 1. The van der Waals surface area contributed by atoms with E-state index in [-0.39, 0.29) is 28.0 Å². The largest absolute Gasteiger partial charge is 0.500 e. The highest BCUT2D eigenvalue weighted by molar-refractivity contribution is 7.99. The number of H-pyrrole nitrogens is 1. The SMILES string of the molecule is COc1cc(-c2nnc(SCC(=O)O)[nH]2)cc([N+](=O)[O-])c1O. The molecule has 1 aromatic carbocycles. The van der Waals surface area contributed by atoms with Gasteiger partial charge in [-0.05, 0) is 6.07 Å². The molecule has 0 aliphatic rings. The number of aromatic hydroxyl groups is 1. The highest BCUT2D eigenvalue weighted by Crippen LogP contribution is 2.39. The molecule has 2 aromatic rings. The van der Waals surface area contributed by atoms with Gasteiger partial charge in [0.15, 0.2) is 16.7 Å². The zero-order valence-electron chi connectivity index (χ0n) is 11.1. The number of aromatic nitrogens is 3. The van der Waals surface area contributed by atoms with Crippen LogP contribution in [-0.4, -0.2) is 49.1 Å². The molecule has 0 unspecified atom stereocenters. The van der Waals surface area contributed by atoms with E-state index >= 15 is 0 Å². The van der Waals surface area contributed by atoms with E-state index in [0.29, 0.717) is 0 Å². The van der Waals surface area contributed by atoms with Gasteiger partial charge in [0.2, 0.25) is 5.75 Å². The van der Waals surface area contributed by atoms with Crippen molar-refractivity contribution in [3.8, 4) is 22.9 Å². The van der Waals surface area contributed by atoms with E-state index in [0.717, 1.165) is 17.8 Å². The second-order valence-electron chi connectivity index (χ2n) is 3.96. The summed E-state index contributed by atoms with van der Waals surface area (Å²) in [7, 11) is 1.26. The number of methoxy groups -OCH3 is 1. The molecule has 0 saturated carbocycles. The Kier molecular flexibility index (Phi) is 4.46. The fourth-order valence-electron chi connectivity index (χ4n) is 1.60. The Morgan fingerprint density at radius 2 is 2.23 bits per heavy atom. The molecule has 0 radical (unpaired) electrons. The van der Waals surface area contributed by atoms with Crippen molar-refractivity contribution >= 4 is 23.4 Å². The molecule has 22 heavy (non-hydrogen) atoms. The molecule has 11 heteroatoms. The van der Waals surface area contributed by atoms with Gasteiger partial charge in [-0.15, -0.1) is 10.2 Å². The van der Waals surface area contributed by atoms with Gasteiger partial charge in [-0.3, -0.25) is 14.9 Å². The maximum absolute atomic E-state index is 10.9. The number of nitro benzene ring substituents is 1. The van der Waals surface area contributed by atoms with Gasteiger partial charge in [0.25, 0.3) is 0 Å². The number of thioether (sulfide) groups is 1. The molecule has 0 aliphatic heterocycles. The molecule has 1 aromatic heterocycles. The van der Waals surface area contributed by atoms with Gasteiger partial charge in [0.05, 0.1) is 17.8 Å². The molecule has 116 valence electrons. The van der Waals surface area contributed by atoms with E-state index in [1.54, 1.807) is 0 Å². The topological polar surface area (TPSA) is 151 Å². The average molecular weight is 326 g/mol. The number of ether oxygens (including phenoxy) is 1. The first-order valence-corrected chi connectivity index (χ1v) is 6.74. The van der Waals surface area contributed by atoms with Crippen LogP contribution < -0.4 is 4.74 Å². The fourth-order valence-corrected chi connectivity index (χ4v) is 2.12. The van der Waals surface area contributed by atoms with Gasteiger partial charge in [0.1, 0.15) is 0 Å². The number of aliphatic carboxylic acids is 1. The number of nitrogens with zero attached hydrogens (tertiary/aromatic N) is 3. The maximum atomic E-state index is 10.9. The zero-order chi connectivity index (χ0) is 16.3. The predicted octanol–water partition coefficient (Wildman–Crippen LogP) is 1.27. The van der Waals surface area contributed by atoms with E-state index in [4.69, 9.17) is 9.84 Å². The molecular weight excluding hydrogens is 316 g/mol. The Morgan fingerprint density at radius 3 is 2.82 bits per heavy atom. The number of hydrogen-bond donors (Lipinski definition) is 3. The molecule has 0 atom stereocenters. The first-order valence-electron chi connectivity index (χ1n) is 5.75. The minimum atomic E-state index is -1.01. The van der Waals surface area contributed by atoms with E-state index in [9.17, 15) is 20.0 Å². The van der Waals surface area contributed by atoms with E-state index in [1.165, 1.54) is 13.2 Å². The van der Waals surface area contributed by atoms with Gasteiger partial charge < -0.3 is 19.9 Å². The highest BCUT2D eigenvalue weighted by Gasteiger charge is 2.21. The lowest BCUT2D eigenvalue weighted by Crippen LogP contribution is -1.97. The predicted molar refractivity (Wildman–Crippen MR) is 75.0 cm³/mol. The van der Waals surface area contributed by atoms with Crippen molar-refractivity contribution in [2.24, 2.45) is 0 Å². The number of rotatable bonds is 6. The number of nitrogens with one attached hydrogen (secondary N) is 1. The van der Waals surface area contributed by atoms with Crippen LogP contribution in [-0.2, 0) is 4.79 Å². The van der Waals surface area contributed by atoms with Crippen LogP contribution in [0.3, 0.4) is 0 Å². The number of phenolic OH excluding ortho intramolecular Hbond substituents is 1. The normalized spacial score (nSPS) is 10.4. The molecular formula is C11H10N4O6S. The van der Waals surface area contributed by atoms with Crippen LogP contribution in [0.2, 0.25) is 0 Å². The Labute approximate surface area is 127 Å². The minimum absolute atomic E-state index is 0.0830. The summed E-state index contributed by atoms with van der Waals surface area (Å²) in [6, 6.07) is 2.47. The summed E-state index contributed by atoms with van der Waals surface area (Å²) in [4.78, 5) is 23.4. The van der Waals surface area contributed by atoms with Gasteiger partial charge in [0, 0.05) is 11.6 Å². The van der Waals surface area contributed by atoms with Gasteiger partial charge >= 0.3 is 11.7 Å². The van der Waals surface area contributed by atoms with E-state index in [1.807, 2.05) is 0 Å². The lowest BCUT2D eigenvalue weighted by atomic mass is 10.1. The average Bonchev–Trinajstić information content (AvgIpc) is 2.94. The summed E-state index contributed by atoms with van der Waals surface area (Å²) in [6.45, 7) is 0. The summed E-state index contributed by atoms with van der Waals surface area (Å²) >= 11 is 0.924. The molecule has 2 rings (SSSR count). The van der Waals surface area contributed by atoms with Crippen molar-refractivity contribution in [3.63, 3.8) is 0 Å². The van der Waals surface area contributed by atoms with E-state index in [2.05, 4.69) is 15.2 Å². The van der Waals surface area contributed by atoms with Crippen molar-refractivity contribution in [2.45, 2.75) is 5.16 Å². The van der Waals surface area contributed by atoms with Crippen LogP contribution in [0.1, 0.15) is 0 Å². The molecule has 0 fully saturated rings. The summed E-state index contributed by atoms with van der Waals surface area (Å²) in [5.74, 6) is -1.69. The van der Waals surface area contributed by atoms with Crippen molar-refractivity contribution in [1.82, 2.24) is 15.2 Å². The van der Waals surface area contributed by atoms with Crippen LogP contribution in [0, 0.1) is 10.1 Å². The number of carboxylic acid groups (broad SMARTS) is 1. The monoisotopic (exact) mass is 326 g/mol. The maximum Gasteiger partial charge on any atom is 0.315 e. The number of carboxylic acids is 1. The molecule has 1 heterocycles. The standard InChI is InChI=1S/C11H10N4O6S/c1-21-7-3-5(2-6(9(7)18)15(19)20)10-12-11(14-13-10)22-4-8(16)17/h2-3,18H,4H2,1H3,(H,16,17)(H,12,13,14). The lowest BCUT2D eigenvalue weighted by Gasteiger charge is -2.05. The third-order valence-corrected chi connectivity index (χ3v) is 3.39. The first kappa shape index (κ1) is 15.6. The summed E-state index contributed by atoms with van der Waals surface area (Å²) in [5.41, 5.74) is -0.262. The Morgan fingerprint density at radius 1 is 1.50 bits per heavy atom. The van der Waals surface area contributed by atoms with Gasteiger partial charge in [-0.2, -0.15) is 0 Å². The Balaban J connectivity index is 2.38. The molecule has 0 amide bonds. The van der Waals surface area contributed by atoms with Crippen LogP contribution in [0.15, 0.2) is 17.3 Å². The molecule has 0 saturated heterocycles.